The average molecular weight is 272 g/mol. The molecule has 0 fully saturated rings. The fourth-order valence-corrected chi connectivity index (χ4v) is 1.47. The van der Waals surface area contributed by atoms with Gasteiger partial charge in [-0.1, -0.05) is 25.1 Å². The first-order chi connectivity index (χ1) is 8.77. The Morgan fingerprint density at radius 3 is 2.42 bits per heavy atom. The van der Waals surface area contributed by atoms with Gasteiger partial charge in [-0.15, -0.1) is 0 Å². The van der Waals surface area contributed by atoms with Crippen LogP contribution in [0.15, 0.2) is 35.9 Å². The summed E-state index contributed by atoms with van der Waals surface area (Å²) in [6.07, 6.45) is -3.11. The first-order valence-corrected chi connectivity index (χ1v) is 5.42. The second kappa shape index (κ2) is 5.69. The Bertz CT molecular complexity index is 530. The fourth-order valence-electron chi connectivity index (χ4n) is 1.47. The van der Waals surface area contributed by atoms with Crippen LogP contribution in [0.3, 0.4) is 0 Å². The summed E-state index contributed by atoms with van der Waals surface area (Å²) in [6, 6.07) is 3.70. The molecule has 3 nitrogen and oxygen atoms in total. The normalized spacial score (nSPS) is 12.3. The van der Waals surface area contributed by atoms with E-state index in [9.17, 15) is 22.8 Å². The number of Topliss-reactive ketones (excluding diaryl/α,β-unsaturated/α-hetero) is 1. The van der Waals surface area contributed by atoms with Crippen molar-refractivity contribution < 1.29 is 27.9 Å². The molecular formula is C13H11F3O3. The topological polar surface area (TPSA) is 54.4 Å². The third kappa shape index (κ3) is 3.67. The molecule has 0 radical (unpaired) electrons. The molecule has 1 aromatic rings. The predicted octanol–water partition coefficient (Wildman–Crippen LogP) is 3.31. The zero-order chi connectivity index (χ0) is 14.6. The quantitative estimate of drug-likeness (QED) is 0.396. The highest BCUT2D eigenvalue weighted by Gasteiger charge is 2.31. The molecule has 1 aromatic carbocycles. The molecule has 0 aromatic heterocycles. The van der Waals surface area contributed by atoms with E-state index in [-0.39, 0.29) is 5.56 Å². The number of carboxylic acids is 1. The number of benzene rings is 1. The maximum Gasteiger partial charge on any atom is 0.416 e. The van der Waals surface area contributed by atoms with Crippen molar-refractivity contribution in [2.24, 2.45) is 0 Å². The zero-order valence-electron chi connectivity index (χ0n) is 9.99. The van der Waals surface area contributed by atoms with Crippen molar-refractivity contribution >= 4 is 11.8 Å². The van der Waals surface area contributed by atoms with Gasteiger partial charge in [0.05, 0.1) is 5.56 Å². The van der Waals surface area contributed by atoms with Crippen LogP contribution in [0.25, 0.3) is 0 Å². The highest BCUT2D eigenvalue weighted by molar-refractivity contribution is 6.23. The smallest absolute Gasteiger partial charge is 0.416 e. The van der Waals surface area contributed by atoms with Crippen LogP contribution in [0.1, 0.15) is 29.3 Å². The van der Waals surface area contributed by atoms with E-state index >= 15 is 0 Å². The van der Waals surface area contributed by atoms with Crippen LogP contribution in [-0.2, 0) is 11.0 Å². The maximum atomic E-state index is 12.5. The van der Waals surface area contributed by atoms with E-state index < -0.39 is 29.1 Å². The van der Waals surface area contributed by atoms with Crippen LogP contribution in [0.5, 0.6) is 0 Å². The fraction of sp³-hybridized carbons (Fsp3) is 0.231. The minimum Gasteiger partial charge on any atom is -0.478 e. The number of rotatable bonds is 4. The second-order valence-electron chi connectivity index (χ2n) is 3.74. The number of allylic oxidation sites excluding steroid dienone is 1. The van der Waals surface area contributed by atoms with Gasteiger partial charge in [0.15, 0.2) is 5.78 Å². The number of carbonyl (C=O) groups excluding carboxylic acids is 1. The molecule has 0 aliphatic heterocycles. The third-order valence-electron chi connectivity index (χ3n) is 2.34. The Kier molecular flexibility index (Phi) is 4.47. The Labute approximate surface area is 107 Å². The van der Waals surface area contributed by atoms with Gasteiger partial charge in [-0.25, -0.2) is 4.79 Å². The molecular weight excluding hydrogens is 261 g/mol. The van der Waals surface area contributed by atoms with Crippen LogP contribution in [0.2, 0.25) is 0 Å². The number of hydrogen-bond donors (Lipinski definition) is 1. The summed E-state index contributed by atoms with van der Waals surface area (Å²) in [5, 5.41) is 8.85. The molecule has 1 rings (SSSR count). The van der Waals surface area contributed by atoms with Gasteiger partial charge in [-0.2, -0.15) is 13.2 Å². The van der Waals surface area contributed by atoms with Gasteiger partial charge in [0.2, 0.25) is 0 Å². The summed E-state index contributed by atoms with van der Waals surface area (Å²) >= 11 is 0. The third-order valence-corrected chi connectivity index (χ3v) is 2.34. The lowest BCUT2D eigenvalue weighted by atomic mass is 10.0. The number of hydrogen-bond acceptors (Lipinski definition) is 2. The molecule has 0 unspecified atom stereocenters. The summed E-state index contributed by atoms with van der Waals surface area (Å²) in [7, 11) is 0. The first-order valence-electron chi connectivity index (χ1n) is 5.42. The average Bonchev–Trinajstić information content (AvgIpc) is 2.34. The molecule has 0 spiro atoms. The van der Waals surface area contributed by atoms with Gasteiger partial charge >= 0.3 is 12.1 Å². The number of aliphatic carboxylic acids is 1. The Morgan fingerprint density at radius 2 is 1.95 bits per heavy atom. The predicted molar refractivity (Wildman–Crippen MR) is 61.8 cm³/mol. The molecule has 0 saturated carbocycles. The zero-order valence-corrected chi connectivity index (χ0v) is 9.99. The van der Waals surface area contributed by atoms with E-state index in [1.54, 1.807) is 6.92 Å². The van der Waals surface area contributed by atoms with E-state index in [0.29, 0.717) is 12.5 Å². The number of alkyl halides is 3. The van der Waals surface area contributed by atoms with Crippen molar-refractivity contribution in [3.05, 3.63) is 47.0 Å². The van der Waals surface area contributed by atoms with Crippen molar-refractivity contribution in [2.75, 3.05) is 0 Å². The second-order valence-corrected chi connectivity index (χ2v) is 3.74. The largest absolute Gasteiger partial charge is 0.478 e. The first kappa shape index (κ1) is 14.9. The molecule has 0 aliphatic rings. The monoisotopic (exact) mass is 272 g/mol. The number of ketones is 1. The molecule has 0 aliphatic carbocycles. The molecule has 19 heavy (non-hydrogen) atoms. The van der Waals surface area contributed by atoms with Crippen molar-refractivity contribution in [3.63, 3.8) is 0 Å². The van der Waals surface area contributed by atoms with E-state index in [0.717, 1.165) is 18.2 Å². The molecule has 6 heteroatoms. The van der Waals surface area contributed by atoms with Crippen molar-refractivity contribution in [1.82, 2.24) is 0 Å². The van der Waals surface area contributed by atoms with Gasteiger partial charge < -0.3 is 5.11 Å². The summed E-state index contributed by atoms with van der Waals surface area (Å²) in [4.78, 5) is 22.7. The van der Waals surface area contributed by atoms with Gasteiger partial charge in [0.1, 0.15) is 5.57 Å². The highest BCUT2D eigenvalue weighted by Crippen LogP contribution is 2.30. The summed E-state index contributed by atoms with van der Waals surface area (Å²) in [5.74, 6) is -2.38. The molecule has 0 heterocycles. The molecule has 0 atom stereocenters. The lowest BCUT2D eigenvalue weighted by molar-refractivity contribution is -0.137. The Morgan fingerprint density at radius 1 is 1.32 bits per heavy atom. The lowest BCUT2D eigenvalue weighted by Crippen LogP contribution is -2.14. The van der Waals surface area contributed by atoms with E-state index in [4.69, 9.17) is 5.11 Å². The SMILES string of the molecule is CCC=C(C(=O)O)C(=O)c1cccc(C(F)(F)F)c1. The molecule has 0 bridgehead atoms. The molecule has 1 N–H and O–H groups in total. The summed E-state index contributed by atoms with van der Waals surface area (Å²) < 4.78 is 37.5. The van der Waals surface area contributed by atoms with E-state index in [1.807, 2.05) is 0 Å². The summed E-state index contributed by atoms with van der Waals surface area (Å²) in [6.45, 7) is 1.63. The van der Waals surface area contributed by atoms with Crippen LogP contribution < -0.4 is 0 Å². The summed E-state index contributed by atoms with van der Waals surface area (Å²) in [5.41, 5.74) is -1.81. The van der Waals surface area contributed by atoms with Gasteiger partial charge in [-0.05, 0) is 18.6 Å². The number of carbonyl (C=O) groups is 2. The standard InChI is InChI=1S/C13H11F3O3/c1-2-4-10(12(18)19)11(17)8-5-3-6-9(7-8)13(14,15)16/h3-7H,2H2,1H3,(H,18,19). The molecule has 0 saturated heterocycles. The molecule has 102 valence electrons. The van der Waals surface area contributed by atoms with Crippen LogP contribution in [-0.4, -0.2) is 16.9 Å². The minimum atomic E-state index is -4.58. The van der Waals surface area contributed by atoms with E-state index in [2.05, 4.69) is 0 Å². The van der Waals surface area contributed by atoms with Gasteiger partial charge in [0.25, 0.3) is 0 Å². The lowest BCUT2D eigenvalue weighted by Gasteiger charge is -2.08. The number of carboxylic acid groups (broad SMARTS) is 1. The number of halogens is 3. The van der Waals surface area contributed by atoms with Crippen LogP contribution in [0, 0.1) is 0 Å². The minimum absolute atomic E-state index is 0.295. The Balaban J connectivity index is 3.20. The highest BCUT2D eigenvalue weighted by atomic mass is 19.4. The van der Waals surface area contributed by atoms with Crippen molar-refractivity contribution in [3.8, 4) is 0 Å². The van der Waals surface area contributed by atoms with Gasteiger partial charge in [0, 0.05) is 5.56 Å². The van der Waals surface area contributed by atoms with E-state index in [1.165, 1.54) is 6.08 Å². The molecule has 0 amide bonds. The van der Waals surface area contributed by atoms with Crippen molar-refractivity contribution in [1.29, 1.82) is 0 Å². The van der Waals surface area contributed by atoms with Crippen molar-refractivity contribution in [2.45, 2.75) is 19.5 Å². The van der Waals surface area contributed by atoms with Crippen LogP contribution in [0.4, 0.5) is 13.2 Å². The maximum absolute atomic E-state index is 12.5. The Hall–Kier alpha value is -2.11. The van der Waals surface area contributed by atoms with Gasteiger partial charge in [-0.3, -0.25) is 4.79 Å². The van der Waals surface area contributed by atoms with Crippen LogP contribution >= 0.6 is 0 Å².